The van der Waals surface area contributed by atoms with Gasteiger partial charge in [0.2, 0.25) is 20.2 Å². The van der Waals surface area contributed by atoms with E-state index in [1.807, 2.05) is 55.5 Å². The Morgan fingerprint density at radius 2 is 1.76 bits per heavy atom. The number of aliphatic hydroxyl groups is 1. The third-order valence-electron chi connectivity index (χ3n) is 9.10. The quantitative estimate of drug-likeness (QED) is 0.198. The molecule has 3 aliphatic heterocycles. The number of rotatable bonds is 9. The Morgan fingerprint density at radius 3 is 2.38 bits per heavy atom. The zero-order valence-electron chi connectivity index (χ0n) is 24.8. The van der Waals surface area contributed by atoms with Gasteiger partial charge in [-0.2, -0.15) is 0 Å². The Morgan fingerprint density at radius 1 is 1.07 bits per heavy atom. The fraction of sp³-hybridized carbons (Fsp3) is 0.531. The predicted octanol–water partition coefficient (Wildman–Crippen LogP) is 4.53. The van der Waals surface area contributed by atoms with Crippen molar-refractivity contribution in [2.24, 2.45) is 5.92 Å². The highest BCUT2D eigenvalue weighted by atomic mass is 28.4. The molecule has 0 saturated carbocycles. The van der Waals surface area contributed by atoms with Gasteiger partial charge < -0.3 is 23.6 Å². The number of β-lactam (4-membered cyclic amide) rings is 1. The summed E-state index contributed by atoms with van der Waals surface area (Å²) in [4.78, 5) is 40.2. The van der Waals surface area contributed by atoms with Gasteiger partial charge in [-0.3, -0.25) is 19.3 Å². The number of esters is 1. The van der Waals surface area contributed by atoms with Crippen LogP contribution in [-0.2, 0) is 43.2 Å². The zero-order chi connectivity index (χ0) is 30.2. The summed E-state index contributed by atoms with van der Waals surface area (Å²) in [7, 11) is -3.16. The minimum Gasteiger partial charge on any atom is -0.441 e. The number of anilines is 1. The molecule has 42 heavy (non-hydrogen) atoms. The number of carbonyl (C=O) groups excluding carboxylic acids is 3. The maximum atomic E-state index is 15.7. The number of fused-ring (bicyclic) bond motifs is 1. The molecular formula is C32H41FN2O6Si. The number of nitrogens with zero attached hydrogens (tertiary/aromatic N) is 2. The summed E-state index contributed by atoms with van der Waals surface area (Å²) in [6, 6.07) is 15.3. The highest BCUT2D eigenvalue weighted by Gasteiger charge is 2.52. The topological polar surface area (TPSA) is 96.4 Å². The molecule has 1 unspecified atom stereocenters. The van der Waals surface area contributed by atoms with Crippen molar-refractivity contribution in [3.63, 3.8) is 0 Å². The van der Waals surface area contributed by atoms with Gasteiger partial charge in [-0.1, -0.05) is 43.3 Å². The van der Waals surface area contributed by atoms with Crippen molar-refractivity contribution < 1.29 is 33.1 Å². The number of hydrogen-bond acceptors (Lipinski definition) is 6. The third-order valence-corrected chi connectivity index (χ3v) is 11.6. The number of carbonyl (C=O) groups is 3. The summed E-state index contributed by atoms with van der Waals surface area (Å²) in [5.41, 5.74) is 3.65. The summed E-state index contributed by atoms with van der Waals surface area (Å²) in [6.07, 6.45) is 1.02. The van der Waals surface area contributed by atoms with Gasteiger partial charge in [0.25, 0.3) is 0 Å². The zero-order valence-corrected chi connectivity index (χ0v) is 25.8. The molecule has 0 aliphatic carbocycles. The van der Waals surface area contributed by atoms with Crippen LogP contribution in [0.2, 0.25) is 18.6 Å². The molecule has 1 N–H and O–H groups in total. The van der Waals surface area contributed by atoms with Crippen LogP contribution in [0.25, 0.3) is 0 Å². The Balaban J connectivity index is 1.23. The molecule has 0 radical (unpaired) electrons. The molecule has 10 heteroatoms. The lowest BCUT2D eigenvalue weighted by molar-refractivity contribution is -0.154. The van der Waals surface area contributed by atoms with E-state index in [1.54, 1.807) is 18.0 Å². The number of halogens is 1. The summed E-state index contributed by atoms with van der Waals surface area (Å²) in [5, 5.41) is 10.0. The van der Waals surface area contributed by atoms with Gasteiger partial charge in [0.15, 0.2) is 6.23 Å². The van der Waals surface area contributed by atoms with Crippen LogP contribution in [0.4, 0.5) is 9.80 Å². The number of benzene rings is 2. The number of hydrogen-bond donors (Lipinski definition) is 1. The monoisotopic (exact) mass is 596 g/mol. The lowest BCUT2D eigenvalue weighted by Crippen LogP contribution is -2.54. The van der Waals surface area contributed by atoms with Crippen molar-refractivity contribution in [3.05, 3.63) is 65.2 Å². The molecule has 226 valence electrons. The van der Waals surface area contributed by atoms with Crippen molar-refractivity contribution in [1.82, 2.24) is 4.90 Å². The first kappa shape index (κ1) is 30.4. The van der Waals surface area contributed by atoms with Crippen LogP contribution in [-0.4, -0.2) is 67.3 Å². The molecule has 3 heterocycles. The normalized spacial score (nSPS) is 27.4. The molecule has 0 bridgehead atoms. The predicted molar refractivity (Wildman–Crippen MR) is 159 cm³/mol. The number of aliphatic hydroxyl groups excluding tert-OH is 1. The molecule has 2 saturated heterocycles. The molecule has 8 nitrogen and oxygen atoms in total. The van der Waals surface area contributed by atoms with E-state index in [0.29, 0.717) is 31.5 Å². The van der Waals surface area contributed by atoms with Crippen molar-refractivity contribution in [2.45, 2.75) is 95.6 Å². The molecule has 3 aliphatic rings. The standard InChI is InChI=1S/C32H41FN2O6Si/c1-20-27(14-11-22-9-12-25(13-10-22)35-30(39)17-31(35)40-21(2)37)41-28(32(20)42(3,4)33)16-29(38)34-18-24-8-6-5-7-23(24)15-26(34)19-36/h5-10,12-13,20,26-28,31-32,36H,11,14-19H2,1-4H3/t20-,26+,27+,28-,31?,32+/m1/s1. The van der Waals surface area contributed by atoms with Gasteiger partial charge in [0, 0.05) is 24.7 Å². The third kappa shape index (κ3) is 6.30. The molecule has 2 aromatic carbocycles. The van der Waals surface area contributed by atoms with Crippen LogP contribution in [0.15, 0.2) is 48.5 Å². The molecule has 2 aromatic rings. The van der Waals surface area contributed by atoms with Gasteiger partial charge >= 0.3 is 5.97 Å². The maximum absolute atomic E-state index is 15.7. The largest absolute Gasteiger partial charge is 0.441 e. The summed E-state index contributed by atoms with van der Waals surface area (Å²) in [5.74, 6) is -0.654. The Labute approximate surface area is 248 Å². The molecule has 0 aromatic heterocycles. The van der Waals surface area contributed by atoms with Gasteiger partial charge in [-0.25, -0.2) is 0 Å². The van der Waals surface area contributed by atoms with E-state index < -0.39 is 26.7 Å². The van der Waals surface area contributed by atoms with Gasteiger partial charge in [0.1, 0.15) is 0 Å². The van der Waals surface area contributed by atoms with Crippen LogP contribution in [0, 0.1) is 5.92 Å². The summed E-state index contributed by atoms with van der Waals surface area (Å²) in [6.45, 7) is 7.08. The van der Waals surface area contributed by atoms with E-state index in [-0.39, 0.29) is 54.9 Å². The Hall–Kier alpha value is -3.08. The summed E-state index contributed by atoms with van der Waals surface area (Å²) < 4.78 is 27.4. The highest BCUT2D eigenvalue weighted by Crippen LogP contribution is 2.47. The molecule has 5 rings (SSSR count). The number of amides is 2. The van der Waals surface area contributed by atoms with E-state index in [4.69, 9.17) is 9.47 Å². The molecule has 0 spiro atoms. The lowest BCUT2D eigenvalue weighted by atomic mass is 9.93. The highest BCUT2D eigenvalue weighted by molar-refractivity contribution is 6.72. The molecule has 2 fully saturated rings. The van der Waals surface area contributed by atoms with Crippen LogP contribution in [0.3, 0.4) is 0 Å². The molecule has 2 amide bonds. The van der Waals surface area contributed by atoms with Crippen molar-refractivity contribution in [2.75, 3.05) is 11.5 Å². The summed E-state index contributed by atoms with van der Waals surface area (Å²) >= 11 is 0. The van der Waals surface area contributed by atoms with E-state index in [2.05, 4.69) is 0 Å². The van der Waals surface area contributed by atoms with Gasteiger partial charge in [0.05, 0.1) is 37.7 Å². The number of ether oxygens (including phenoxy) is 2. The average Bonchev–Trinajstić information content (AvgIpc) is 3.25. The van der Waals surface area contributed by atoms with E-state index in [0.717, 1.165) is 16.7 Å². The van der Waals surface area contributed by atoms with Crippen LogP contribution < -0.4 is 4.90 Å². The second-order valence-corrected chi connectivity index (χ2v) is 16.2. The smallest absolute Gasteiger partial charge is 0.304 e. The molecule has 6 atom stereocenters. The van der Waals surface area contributed by atoms with E-state index in [1.165, 1.54) is 11.8 Å². The first-order valence-corrected chi connectivity index (χ1v) is 17.8. The second kappa shape index (κ2) is 12.3. The van der Waals surface area contributed by atoms with Crippen molar-refractivity contribution in [3.8, 4) is 0 Å². The minimum absolute atomic E-state index is 0.0346. The average molecular weight is 597 g/mol. The van der Waals surface area contributed by atoms with E-state index in [9.17, 15) is 19.5 Å². The van der Waals surface area contributed by atoms with Gasteiger partial charge in [-0.05, 0) is 67.1 Å². The first-order valence-electron chi connectivity index (χ1n) is 14.9. The SMILES string of the molecule is CC(=O)OC1CC(=O)N1c1ccc(CC[C@@H]2O[C@H](CC(=O)N3Cc4ccccc4C[C@H]3CO)[C@@H]([Si](C)(C)F)[C@@H]2C)cc1. The lowest BCUT2D eigenvalue weighted by Gasteiger charge is -2.39. The minimum atomic E-state index is -3.16. The van der Waals surface area contributed by atoms with Crippen LogP contribution in [0.1, 0.15) is 49.8 Å². The van der Waals surface area contributed by atoms with Crippen molar-refractivity contribution in [1.29, 1.82) is 0 Å². The van der Waals surface area contributed by atoms with Crippen LogP contribution in [0.5, 0.6) is 0 Å². The van der Waals surface area contributed by atoms with Crippen LogP contribution >= 0.6 is 0 Å². The van der Waals surface area contributed by atoms with Crippen molar-refractivity contribution >= 4 is 31.9 Å². The Kier molecular flexibility index (Phi) is 8.87. The number of aryl methyl sites for hydroxylation is 1. The fourth-order valence-corrected chi connectivity index (χ4v) is 9.57. The fourth-order valence-electron chi connectivity index (χ4n) is 7.02. The second-order valence-electron chi connectivity index (χ2n) is 12.4. The molecular weight excluding hydrogens is 555 g/mol. The Bertz CT molecular complexity index is 1310. The maximum Gasteiger partial charge on any atom is 0.304 e. The first-order chi connectivity index (χ1) is 20.0. The van der Waals surface area contributed by atoms with Gasteiger partial charge in [-0.15, -0.1) is 0 Å². The van der Waals surface area contributed by atoms with E-state index >= 15 is 4.11 Å².